The molecule has 0 bridgehead atoms. The molecule has 4 atom stereocenters. The van der Waals surface area contributed by atoms with Gasteiger partial charge in [-0.2, -0.15) is 0 Å². The summed E-state index contributed by atoms with van der Waals surface area (Å²) < 4.78 is 6.31. The number of carbonyl (C=O) groups is 2. The van der Waals surface area contributed by atoms with E-state index in [9.17, 15) is 29.9 Å². The van der Waals surface area contributed by atoms with E-state index in [1.165, 1.54) is 17.0 Å². The Balaban J connectivity index is 1.62. The van der Waals surface area contributed by atoms with Crippen LogP contribution in [0.3, 0.4) is 0 Å². The molecule has 10 heteroatoms. The quantitative estimate of drug-likeness (QED) is 0.163. The maximum Gasteiger partial charge on any atom is 0.352 e. The normalized spacial score (nSPS) is 21.4. The Bertz CT molecular complexity index is 1540. The molecule has 0 aromatic heterocycles. The predicted octanol–water partition coefficient (Wildman–Crippen LogP) is 4.98. The molecule has 1 amide bonds. The van der Waals surface area contributed by atoms with Gasteiger partial charge in [-0.05, 0) is 78.2 Å². The van der Waals surface area contributed by atoms with Crippen molar-refractivity contribution < 1.29 is 29.2 Å². The van der Waals surface area contributed by atoms with Gasteiger partial charge in [-0.25, -0.2) is 4.79 Å². The van der Waals surface area contributed by atoms with Crippen LogP contribution in [0.5, 0.6) is 0 Å². The second-order valence-electron chi connectivity index (χ2n) is 11.5. The highest BCUT2D eigenvalue weighted by molar-refractivity contribution is 6.69. The van der Waals surface area contributed by atoms with E-state index in [4.69, 9.17) is 4.43 Å². The van der Waals surface area contributed by atoms with E-state index in [0.29, 0.717) is 17.6 Å². The standard InChI is InChI=1S/C30H32N2O7Si/c1-17(39-40(2,3)4)25-27-24(14-18-6-11-23(12-7-18)32(37)38)26(28(30(35)36)31(27)29(25)34)22-10-9-20-13-19(16-33)5-8-21(20)15-22/h5-13,15,17,24-25,27,33H,14,16H2,1-4H3,(H,35,36)/t17-,24?,25-,27-/m1/s1. The fourth-order valence-corrected chi connectivity index (χ4v) is 7.43. The number of rotatable bonds is 9. The van der Waals surface area contributed by atoms with E-state index in [1.807, 2.05) is 43.3 Å². The van der Waals surface area contributed by atoms with Gasteiger partial charge in [0.25, 0.3) is 5.69 Å². The summed E-state index contributed by atoms with van der Waals surface area (Å²) in [6, 6.07) is 17.1. The van der Waals surface area contributed by atoms with Crippen LogP contribution in [0.15, 0.2) is 66.4 Å². The Morgan fingerprint density at radius 3 is 2.27 bits per heavy atom. The van der Waals surface area contributed by atoms with Crippen molar-refractivity contribution in [3.05, 3.63) is 93.2 Å². The number of hydrogen-bond acceptors (Lipinski definition) is 6. The third-order valence-corrected chi connectivity index (χ3v) is 8.80. The third-order valence-electron chi connectivity index (χ3n) is 7.72. The molecule has 3 aromatic rings. The van der Waals surface area contributed by atoms with Crippen molar-refractivity contribution in [2.24, 2.45) is 11.8 Å². The first-order valence-corrected chi connectivity index (χ1v) is 16.7. The summed E-state index contributed by atoms with van der Waals surface area (Å²) in [7, 11) is -1.99. The number of aliphatic hydroxyl groups excluding tert-OH is 1. The number of nitrogens with zero attached hydrogens (tertiary/aromatic N) is 2. The van der Waals surface area contributed by atoms with Crippen molar-refractivity contribution in [2.75, 3.05) is 0 Å². The second-order valence-corrected chi connectivity index (χ2v) is 16.0. The molecule has 2 aliphatic rings. The number of carbonyl (C=O) groups excluding carboxylic acids is 1. The van der Waals surface area contributed by atoms with Crippen molar-refractivity contribution in [3.8, 4) is 0 Å². The lowest BCUT2D eigenvalue weighted by Gasteiger charge is -2.49. The number of benzene rings is 3. The fraction of sp³-hybridized carbons (Fsp3) is 0.333. The van der Waals surface area contributed by atoms with Crippen LogP contribution in [0.25, 0.3) is 16.3 Å². The summed E-state index contributed by atoms with van der Waals surface area (Å²) in [6.07, 6.45) is 0.0126. The largest absolute Gasteiger partial charge is 0.477 e. The number of amides is 1. The molecule has 0 spiro atoms. The number of aliphatic carboxylic acids is 1. The van der Waals surface area contributed by atoms with Crippen LogP contribution in [-0.4, -0.2) is 52.4 Å². The van der Waals surface area contributed by atoms with Crippen LogP contribution in [0.1, 0.15) is 23.6 Å². The molecular formula is C30H32N2O7Si. The van der Waals surface area contributed by atoms with Crippen LogP contribution in [-0.2, 0) is 27.0 Å². The molecule has 5 rings (SSSR count). The van der Waals surface area contributed by atoms with Gasteiger partial charge in [0.15, 0.2) is 8.32 Å². The van der Waals surface area contributed by atoms with Gasteiger partial charge in [-0.3, -0.25) is 14.9 Å². The number of non-ortho nitro benzene ring substituents is 1. The van der Waals surface area contributed by atoms with Crippen molar-refractivity contribution in [3.63, 3.8) is 0 Å². The van der Waals surface area contributed by atoms with E-state index in [1.54, 1.807) is 12.1 Å². The van der Waals surface area contributed by atoms with Crippen molar-refractivity contribution in [1.82, 2.24) is 4.90 Å². The number of carboxylic acids is 1. The summed E-state index contributed by atoms with van der Waals surface area (Å²) in [4.78, 5) is 38.4. The van der Waals surface area contributed by atoms with Crippen molar-refractivity contribution in [2.45, 2.75) is 51.7 Å². The first kappa shape index (κ1) is 27.7. The van der Waals surface area contributed by atoms with Crippen LogP contribution >= 0.6 is 0 Å². The lowest BCUT2D eigenvalue weighted by molar-refractivity contribution is -0.384. The Hall–Kier alpha value is -3.86. The number of β-lactam (4-membered cyclic amide) rings is 1. The minimum absolute atomic E-state index is 0.0234. The SMILES string of the molecule is C[C@@H](O[Si](C)(C)C)[C@H]1C(=O)N2C(C(=O)O)=C(c3ccc4cc(CO)ccc4c3)C(Cc3ccc([N+](=O)[O-])cc3)[C@H]12. The van der Waals surface area contributed by atoms with Crippen LogP contribution < -0.4 is 0 Å². The van der Waals surface area contributed by atoms with Gasteiger partial charge in [0.1, 0.15) is 5.70 Å². The van der Waals surface area contributed by atoms with E-state index >= 15 is 0 Å². The maximum absolute atomic E-state index is 13.5. The number of hydrogen-bond donors (Lipinski definition) is 2. The van der Waals surface area contributed by atoms with Crippen LogP contribution in [0.4, 0.5) is 5.69 Å². The number of aliphatic hydroxyl groups is 1. The average molecular weight is 561 g/mol. The smallest absolute Gasteiger partial charge is 0.352 e. The molecule has 40 heavy (non-hydrogen) atoms. The highest BCUT2D eigenvalue weighted by Gasteiger charge is 2.61. The number of nitro benzene ring substituents is 1. The number of nitro groups is 1. The third kappa shape index (κ3) is 4.94. The van der Waals surface area contributed by atoms with Gasteiger partial charge < -0.3 is 19.5 Å². The Labute approximate surface area is 233 Å². The average Bonchev–Trinajstić information content (AvgIpc) is 3.17. The summed E-state index contributed by atoms with van der Waals surface area (Å²) in [5.41, 5.74) is 2.81. The molecule has 9 nitrogen and oxygen atoms in total. The lowest BCUT2D eigenvalue weighted by atomic mass is 9.73. The minimum Gasteiger partial charge on any atom is -0.477 e. The molecule has 2 heterocycles. The Morgan fingerprint density at radius 2 is 1.68 bits per heavy atom. The second kappa shape index (κ2) is 10.3. The summed E-state index contributed by atoms with van der Waals surface area (Å²) in [6.45, 7) is 7.96. The summed E-state index contributed by atoms with van der Waals surface area (Å²) in [5.74, 6) is -2.30. The van der Waals surface area contributed by atoms with Gasteiger partial charge in [-0.15, -0.1) is 0 Å². The van der Waals surface area contributed by atoms with E-state index in [2.05, 4.69) is 19.6 Å². The topological polar surface area (TPSA) is 130 Å². The molecule has 0 saturated carbocycles. The first-order valence-electron chi connectivity index (χ1n) is 13.2. The van der Waals surface area contributed by atoms with Crippen LogP contribution in [0.2, 0.25) is 19.6 Å². The fourth-order valence-electron chi connectivity index (χ4n) is 6.17. The molecule has 208 valence electrons. The maximum atomic E-state index is 13.5. The highest BCUT2D eigenvalue weighted by atomic mass is 28.4. The van der Waals surface area contributed by atoms with Crippen molar-refractivity contribution >= 4 is 42.2 Å². The summed E-state index contributed by atoms with van der Waals surface area (Å²) in [5, 5.41) is 32.9. The number of carboxylic acid groups (broad SMARTS) is 1. The molecule has 1 fully saturated rings. The van der Waals surface area contributed by atoms with Crippen LogP contribution in [0, 0.1) is 22.0 Å². The Morgan fingerprint density at radius 1 is 1.05 bits per heavy atom. The molecule has 1 saturated heterocycles. The molecular weight excluding hydrogens is 528 g/mol. The van der Waals surface area contributed by atoms with E-state index < -0.39 is 31.2 Å². The van der Waals surface area contributed by atoms with Gasteiger partial charge in [0.05, 0.1) is 29.6 Å². The van der Waals surface area contributed by atoms with Gasteiger partial charge in [0.2, 0.25) is 5.91 Å². The zero-order valence-corrected chi connectivity index (χ0v) is 23.8. The molecule has 0 radical (unpaired) electrons. The summed E-state index contributed by atoms with van der Waals surface area (Å²) >= 11 is 0. The lowest BCUT2D eigenvalue weighted by Crippen LogP contribution is -2.65. The van der Waals surface area contributed by atoms with Crippen molar-refractivity contribution in [1.29, 1.82) is 0 Å². The van der Waals surface area contributed by atoms with Gasteiger partial charge >= 0.3 is 5.97 Å². The monoisotopic (exact) mass is 560 g/mol. The number of fused-ring (bicyclic) bond motifs is 2. The zero-order chi connectivity index (χ0) is 28.9. The van der Waals surface area contributed by atoms with Gasteiger partial charge in [0, 0.05) is 18.1 Å². The predicted molar refractivity (Wildman–Crippen MR) is 153 cm³/mol. The van der Waals surface area contributed by atoms with E-state index in [0.717, 1.165) is 21.9 Å². The van der Waals surface area contributed by atoms with Gasteiger partial charge in [-0.1, -0.05) is 36.4 Å². The van der Waals surface area contributed by atoms with E-state index in [-0.39, 0.29) is 35.9 Å². The molecule has 2 aliphatic heterocycles. The molecule has 3 aromatic carbocycles. The minimum atomic E-state index is -1.99. The zero-order valence-electron chi connectivity index (χ0n) is 22.8. The molecule has 0 aliphatic carbocycles. The first-order chi connectivity index (χ1) is 18.9. The molecule has 2 N–H and O–H groups in total. The Kier molecular flexibility index (Phi) is 7.11. The highest BCUT2D eigenvalue weighted by Crippen LogP contribution is 2.52. The molecule has 1 unspecified atom stereocenters.